The second kappa shape index (κ2) is 9.71. The van der Waals surface area contributed by atoms with Gasteiger partial charge < -0.3 is 10.2 Å². The molecule has 1 aromatic heterocycles. The van der Waals surface area contributed by atoms with Gasteiger partial charge in [-0.05, 0) is 42.7 Å². The Labute approximate surface area is 191 Å². The molecule has 0 spiro atoms. The van der Waals surface area contributed by atoms with Gasteiger partial charge in [0.25, 0.3) is 5.56 Å². The molecule has 31 heavy (non-hydrogen) atoms. The van der Waals surface area contributed by atoms with E-state index in [0.29, 0.717) is 45.4 Å². The number of carbonyl (C=O) groups excluding carboxylic acids is 1. The third kappa shape index (κ3) is 5.02. The Balaban J connectivity index is 2.04. The van der Waals surface area contributed by atoms with Crippen molar-refractivity contribution in [1.29, 1.82) is 0 Å². The van der Waals surface area contributed by atoms with Crippen LogP contribution in [0.25, 0.3) is 10.9 Å². The average molecular weight is 461 g/mol. The zero-order valence-electron chi connectivity index (χ0n) is 18.0. The van der Waals surface area contributed by atoms with Crippen molar-refractivity contribution in [2.75, 3.05) is 11.9 Å². The molecule has 0 radical (unpaired) electrons. The van der Waals surface area contributed by atoms with Gasteiger partial charge in [0.05, 0.1) is 27.7 Å². The molecule has 1 atom stereocenters. The lowest BCUT2D eigenvalue weighted by molar-refractivity contribution is 0.170. The Kier molecular flexibility index (Phi) is 7.23. The Morgan fingerprint density at radius 2 is 1.90 bits per heavy atom. The van der Waals surface area contributed by atoms with Crippen molar-refractivity contribution < 1.29 is 4.79 Å². The van der Waals surface area contributed by atoms with E-state index in [1.807, 2.05) is 39.0 Å². The zero-order valence-corrected chi connectivity index (χ0v) is 19.5. The first-order chi connectivity index (χ1) is 14.7. The number of para-hydroxylation sites is 1. The van der Waals surface area contributed by atoms with Crippen LogP contribution >= 0.6 is 23.2 Å². The highest BCUT2D eigenvalue weighted by Crippen LogP contribution is 2.28. The molecular formula is C23H26Cl2N4O2. The standard InChI is InChI=1S/C23H26Cl2N4O2/c1-5-20(21-26-18-9-7-6-8-16(18)22(30)28(21)4)29(13-14(2)3)23(31)27-19-11-10-15(24)12-17(19)25/h6-12,14,20H,5,13H2,1-4H3,(H,27,31). The maximum atomic E-state index is 13.3. The van der Waals surface area contributed by atoms with Crippen LogP contribution in [-0.2, 0) is 7.05 Å². The molecule has 1 unspecified atom stereocenters. The van der Waals surface area contributed by atoms with Gasteiger partial charge in [-0.2, -0.15) is 0 Å². The summed E-state index contributed by atoms with van der Waals surface area (Å²) < 4.78 is 1.53. The van der Waals surface area contributed by atoms with Crippen LogP contribution in [0.5, 0.6) is 0 Å². The molecule has 2 amide bonds. The van der Waals surface area contributed by atoms with Gasteiger partial charge in [0.15, 0.2) is 0 Å². The van der Waals surface area contributed by atoms with E-state index in [1.54, 1.807) is 36.2 Å². The number of hydrogen-bond acceptors (Lipinski definition) is 3. The molecule has 0 bridgehead atoms. The van der Waals surface area contributed by atoms with E-state index in [9.17, 15) is 9.59 Å². The van der Waals surface area contributed by atoms with Crippen LogP contribution in [0.4, 0.5) is 10.5 Å². The van der Waals surface area contributed by atoms with Gasteiger partial charge in [-0.25, -0.2) is 9.78 Å². The topological polar surface area (TPSA) is 67.2 Å². The van der Waals surface area contributed by atoms with Crippen molar-refractivity contribution in [2.45, 2.75) is 33.2 Å². The summed E-state index contributed by atoms with van der Waals surface area (Å²) in [6.45, 7) is 6.53. The molecule has 0 aliphatic rings. The SMILES string of the molecule is CCC(c1nc2ccccc2c(=O)n1C)N(CC(C)C)C(=O)Nc1ccc(Cl)cc1Cl. The fraction of sp³-hybridized carbons (Fsp3) is 0.348. The number of halogens is 2. The number of fused-ring (bicyclic) bond motifs is 1. The van der Waals surface area contributed by atoms with Crippen LogP contribution in [0.3, 0.4) is 0 Å². The zero-order chi connectivity index (χ0) is 22.7. The summed E-state index contributed by atoms with van der Waals surface area (Å²) in [5.74, 6) is 0.752. The second-order valence-electron chi connectivity index (χ2n) is 7.88. The van der Waals surface area contributed by atoms with Crippen molar-refractivity contribution in [1.82, 2.24) is 14.5 Å². The number of nitrogens with zero attached hydrogens (tertiary/aromatic N) is 3. The molecule has 3 aromatic rings. The molecule has 1 heterocycles. The molecule has 8 heteroatoms. The summed E-state index contributed by atoms with van der Waals surface area (Å²) in [5, 5.41) is 4.28. The molecule has 0 saturated heterocycles. The normalized spacial score (nSPS) is 12.2. The van der Waals surface area contributed by atoms with Crippen LogP contribution in [0.1, 0.15) is 39.1 Å². The van der Waals surface area contributed by atoms with Gasteiger partial charge in [-0.1, -0.05) is 56.1 Å². The molecule has 6 nitrogen and oxygen atoms in total. The highest BCUT2D eigenvalue weighted by molar-refractivity contribution is 6.36. The molecule has 0 aliphatic carbocycles. The van der Waals surface area contributed by atoms with Crippen LogP contribution in [0.2, 0.25) is 10.0 Å². The van der Waals surface area contributed by atoms with Gasteiger partial charge in [0, 0.05) is 18.6 Å². The lowest BCUT2D eigenvalue weighted by atomic mass is 10.1. The highest BCUT2D eigenvalue weighted by Gasteiger charge is 2.28. The number of urea groups is 1. The summed E-state index contributed by atoms with van der Waals surface area (Å²) in [6.07, 6.45) is 0.590. The molecule has 164 valence electrons. The minimum atomic E-state index is -0.393. The van der Waals surface area contributed by atoms with Gasteiger partial charge in [-0.15, -0.1) is 0 Å². The summed E-state index contributed by atoms with van der Waals surface area (Å²) in [4.78, 5) is 32.7. The predicted molar refractivity (Wildman–Crippen MR) is 127 cm³/mol. The van der Waals surface area contributed by atoms with E-state index in [2.05, 4.69) is 5.32 Å². The number of aromatic nitrogens is 2. The number of rotatable bonds is 6. The van der Waals surface area contributed by atoms with E-state index < -0.39 is 6.04 Å². The number of amides is 2. The molecule has 3 rings (SSSR count). The molecule has 0 saturated carbocycles. The lowest BCUT2D eigenvalue weighted by Gasteiger charge is -2.33. The Hall–Kier alpha value is -2.57. The molecule has 2 aromatic carbocycles. The van der Waals surface area contributed by atoms with Crippen molar-refractivity contribution in [3.8, 4) is 0 Å². The first-order valence-electron chi connectivity index (χ1n) is 10.2. The summed E-state index contributed by atoms with van der Waals surface area (Å²) >= 11 is 12.2. The van der Waals surface area contributed by atoms with Crippen molar-refractivity contribution in [2.24, 2.45) is 13.0 Å². The monoisotopic (exact) mass is 460 g/mol. The molecular weight excluding hydrogens is 435 g/mol. The highest BCUT2D eigenvalue weighted by atomic mass is 35.5. The molecule has 0 aliphatic heterocycles. The van der Waals surface area contributed by atoms with Gasteiger partial charge >= 0.3 is 6.03 Å². The Bertz CT molecular complexity index is 1160. The third-order valence-electron chi connectivity index (χ3n) is 5.07. The largest absolute Gasteiger partial charge is 0.322 e. The summed E-state index contributed by atoms with van der Waals surface area (Å²) in [5.41, 5.74) is 0.953. The summed E-state index contributed by atoms with van der Waals surface area (Å²) in [7, 11) is 1.70. The van der Waals surface area contributed by atoms with E-state index >= 15 is 0 Å². The van der Waals surface area contributed by atoms with Crippen LogP contribution in [0.15, 0.2) is 47.3 Å². The van der Waals surface area contributed by atoms with Crippen LogP contribution in [-0.4, -0.2) is 27.0 Å². The van der Waals surface area contributed by atoms with E-state index in [4.69, 9.17) is 28.2 Å². The quantitative estimate of drug-likeness (QED) is 0.499. The minimum absolute atomic E-state index is 0.135. The van der Waals surface area contributed by atoms with Crippen molar-refractivity contribution >= 4 is 45.8 Å². The fourth-order valence-electron chi connectivity index (χ4n) is 3.60. The van der Waals surface area contributed by atoms with Gasteiger partial charge in [0.1, 0.15) is 5.82 Å². The first-order valence-corrected chi connectivity index (χ1v) is 11.0. The van der Waals surface area contributed by atoms with Crippen molar-refractivity contribution in [3.05, 3.63) is 68.7 Å². The Morgan fingerprint density at radius 1 is 1.19 bits per heavy atom. The first kappa shape index (κ1) is 23.1. The lowest BCUT2D eigenvalue weighted by Crippen LogP contribution is -2.42. The predicted octanol–water partition coefficient (Wildman–Crippen LogP) is 5.88. The number of nitrogens with one attached hydrogen (secondary N) is 1. The maximum Gasteiger partial charge on any atom is 0.322 e. The minimum Gasteiger partial charge on any atom is -0.314 e. The number of carbonyl (C=O) groups is 1. The molecule has 1 N–H and O–H groups in total. The Morgan fingerprint density at radius 3 is 2.55 bits per heavy atom. The van der Waals surface area contributed by atoms with E-state index in [1.165, 1.54) is 4.57 Å². The number of anilines is 1. The smallest absolute Gasteiger partial charge is 0.314 e. The summed E-state index contributed by atoms with van der Waals surface area (Å²) in [6, 6.07) is 11.4. The fourth-order valence-corrected chi connectivity index (χ4v) is 4.05. The van der Waals surface area contributed by atoms with Gasteiger partial charge in [-0.3, -0.25) is 9.36 Å². The third-order valence-corrected chi connectivity index (χ3v) is 5.62. The average Bonchev–Trinajstić information content (AvgIpc) is 2.73. The van der Waals surface area contributed by atoms with Gasteiger partial charge in [0.2, 0.25) is 0 Å². The molecule has 0 fully saturated rings. The van der Waals surface area contributed by atoms with Crippen LogP contribution in [0, 0.1) is 5.92 Å². The number of hydrogen-bond donors (Lipinski definition) is 1. The number of benzene rings is 2. The van der Waals surface area contributed by atoms with E-state index in [0.717, 1.165) is 0 Å². The second-order valence-corrected chi connectivity index (χ2v) is 8.72. The van der Waals surface area contributed by atoms with Crippen LogP contribution < -0.4 is 10.9 Å². The maximum absolute atomic E-state index is 13.3. The van der Waals surface area contributed by atoms with Crippen molar-refractivity contribution in [3.63, 3.8) is 0 Å². The van der Waals surface area contributed by atoms with E-state index in [-0.39, 0.29) is 17.5 Å².